The smallest absolute Gasteiger partial charge is 0.320 e. The Bertz CT molecular complexity index is 1070. The van der Waals surface area contributed by atoms with Crippen LogP contribution in [0, 0.1) is 5.82 Å². The maximum absolute atomic E-state index is 14.7. The summed E-state index contributed by atoms with van der Waals surface area (Å²) in [5, 5.41) is 3.08. The molecule has 0 aliphatic carbocycles. The number of fused-ring (bicyclic) bond motifs is 1. The summed E-state index contributed by atoms with van der Waals surface area (Å²) >= 11 is 6.13. The molecule has 0 radical (unpaired) electrons. The average molecular weight is 497 g/mol. The largest absolute Gasteiger partial charge is 0.363 e. The fourth-order valence-electron chi connectivity index (χ4n) is 4.59. The molecule has 0 bridgehead atoms. The van der Waals surface area contributed by atoms with Crippen molar-refractivity contribution >= 4 is 23.4 Å². The number of hydrogen-bond donors (Lipinski definition) is 1. The third-order valence-electron chi connectivity index (χ3n) is 6.77. The second-order valence-electron chi connectivity index (χ2n) is 9.09. The molecule has 1 aromatic heterocycles. The minimum Gasteiger partial charge on any atom is -0.363 e. The molecular weight excluding hydrogens is 469 g/mol. The SMILES string of the molecule is C[C@@H]1CN(C(=O)N2Cc3nc(Cl)nc(N[C@H](C)c4cccc(C(F)F)c4F)c3C2)C[C@H](C)N1C. The van der Waals surface area contributed by atoms with Crippen LogP contribution in [0.4, 0.5) is 23.8 Å². The van der Waals surface area contributed by atoms with Gasteiger partial charge in [0.25, 0.3) is 6.43 Å². The summed E-state index contributed by atoms with van der Waals surface area (Å²) in [6, 6.07) is 3.64. The number of benzene rings is 1. The second kappa shape index (κ2) is 9.58. The minimum absolute atomic E-state index is 0.00797. The summed E-state index contributed by atoms with van der Waals surface area (Å²) in [6.07, 6.45) is -2.91. The Kier molecular flexibility index (Phi) is 6.91. The zero-order valence-corrected chi connectivity index (χ0v) is 20.3. The highest BCUT2D eigenvalue weighted by Crippen LogP contribution is 2.33. The van der Waals surface area contributed by atoms with Crippen molar-refractivity contribution in [2.24, 2.45) is 0 Å². The van der Waals surface area contributed by atoms with E-state index in [1.807, 2.05) is 4.90 Å². The van der Waals surface area contributed by atoms with Crippen molar-refractivity contribution in [3.63, 3.8) is 0 Å². The first-order chi connectivity index (χ1) is 16.1. The van der Waals surface area contributed by atoms with Crippen LogP contribution >= 0.6 is 11.6 Å². The normalized spacial score (nSPS) is 21.7. The fraction of sp³-hybridized carbons (Fsp3) is 0.522. The minimum atomic E-state index is -2.91. The lowest BCUT2D eigenvalue weighted by molar-refractivity contribution is 0.0623. The summed E-state index contributed by atoms with van der Waals surface area (Å²) < 4.78 is 40.9. The lowest BCUT2D eigenvalue weighted by Gasteiger charge is -2.43. The topological polar surface area (TPSA) is 64.6 Å². The lowest BCUT2D eigenvalue weighted by atomic mass is 10.0. The summed E-state index contributed by atoms with van der Waals surface area (Å²) in [4.78, 5) is 27.6. The monoisotopic (exact) mass is 496 g/mol. The molecule has 0 saturated carbocycles. The van der Waals surface area contributed by atoms with E-state index < -0.39 is 23.8 Å². The number of carbonyl (C=O) groups excluding carboxylic acids is 1. The van der Waals surface area contributed by atoms with Gasteiger partial charge in [0.2, 0.25) is 5.28 Å². The number of hydrogen-bond acceptors (Lipinski definition) is 5. The Balaban J connectivity index is 1.54. The maximum Gasteiger partial charge on any atom is 0.320 e. The molecule has 2 aromatic rings. The number of halogens is 4. The highest BCUT2D eigenvalue weighted by atomic mass is 35.5. The summed E-state index contributed by atoms with van der Waals surface area (Å²) in [6.45, 7) is 7.64. The molecule has 4 rings (SSSR count). The molecule has 2 amide bonds. The standard InChI is InChI=1S/C23H28ClF3N6O/c1-12-8-32(9-13(2)31(12)4)23(34)33-10-17-18(11-33)29-22(24)30-21(17)28-14(3)15-6-5-7-16(19(15)25)20(26)27/h5-7,12-14,20H,8-11H2,1-4H3,(H,28,29,30)/t12-,13+,14-/m1/s1. The van der Waals surface area contributed by atoms with Crippen LogP contribution in [0.1, 0.15) is 55.6 Å². The van der Waals surface area contributed by atoms with Gasteiger partial charge < -0.3 is 15.1 Å². The number of nitrogens with one attached hydrogen (secondary N) is 1. The van der Waals surface area contributed by atoms with Gasteiger partial charge >= 0.3 is 6.03 Å². The molecular formula is C23H28ClF3N6O. The van der Waals surface area contributed by atoms with Gasteiger partial charge in [-0.3, -0.25) is 4.90 Å². The molecule has 7 nitrogen and oxygen atoms in total. The van der Waals surface area contributed by atoms with E-state index in [-0.39, 0.29) is 42.1 Å². The fourth-order valence-corrected chi connectivity index (χ4v) is 4.78. The lowest BCUT2D eigenvalue weighted by Crippen LogP contribution is -2.58. The summed E-state index contributed by atoms with van der Waals surface area (Å²) in [7, 11) is 2.05. The Morgan fingerprint density at radius 3 is 2.41 bits per heavy atom. The van der Waals surface area contributed by atoms with Gasteiger partial charge in [-0.15, -0.1) is 0 Å². The molecule has 1 fully saturated rings. The van der Waals surface area contributed by atoms with Gasteiger partial charge in [0.05, 0.1) is 30.4 Å². The van der Waals surface area contributed by atoms with Crippen LogP contribution in [0.15, 0.2) is 18.2 Å². The van der Waals surface area contributed by atoms with Crippen molar-refractivity contribution in [2.75, 3.05) is 25.5 Å². The number of piperazine rings is 1. The van der Waals surface area contributed by atoms with Gasteiger partial charge in [-0.25, -0.2) is 27.9 Å². The predicted molar refractivity (Wildman–Crippen MR) is 123 cm³/mol. The number of likely N-dealkylation sites (N-methyl/N-ethyl adjacent to an activating group) is 1. The highest BCUT2D eigenvalue weighted by molar-refractivity contribution is 6.28. The number of nitrogens with zero attached hydrogens (tertiary/aromatic N) is 5. The number of urea groups is 1. The van der Waals surface area contributed by atoms with E-state index in [1.165, 1.54) is 12.1 Å². The molecule has 1 aromatic carbocycles. The molecule has 2 aliphatic heterocycles. The van der Waals surface area contributed by atoms with Crippen molar-refractivity contribution in [1.29, 1.82) is 0 Å². The number of aromatic nitrogens is 2. The van der Waals surface area contributed by atoms with E-state index >= 15 is 0 Å². The van der Waals surface area contributed by atoms with Crippen molar-refractivity contribution in [3.8, 4) is 0 Å². The molecule has 0 unspecified atom stereocenters. The van der Waals surface area contributed by atoms with Crippen molar-refractivity contribution in [1.82, 2.24) is 24.7 Å². The van der Waals surface area contributed by atoms with Crippen LogP contribution in [0.25, 0.3) is 0 Å². The van der Waals surface area contributed by atoms with Crippen LogP contribution in [0.2, 0.25) is 5.28 Å². The third-order valence-corrected chi connectivity index (χ3v) is 6.94. The van der Waals surface area contributed by atoms with E-state index in [9.17, 15) is 18.0 Å². The van der Waals surface area contributed by atoms with E-state index in [1.54, 1.807) is 11.8 Å². The summed E-state index contributed by atoms with van der Waals surface area (Å²) in [5.41, 5.74) is 0.738. The van der Waals surface area contributed by atoms with E-state index in [2.05, 4.69) is 41.1 Å². The van der Waals surface area contributed by atoms with Gasteiger partial charge in [0, 0.05) is 36.3 Å². The van der Waals surface area contributed by atoms with Gasteiger partial charge in [-0.1, -0.05) is 18.2 Å². The number of carbonyl (C=O) groups is 1. The maximum atomic E-state index is 14.7. The van der Waals surface area contributed by atoms with E-state index in [0.29, 0.717) is 30.2 Å². The van der Waals surface area contributed by atoms with Crippen LogP contribution in [-0.2, 0) is 13.1 Å². The number of rotatable bonds is 4. The molecule has 184 valence electrons. The molecule has 11 heteroatoms. The first-order valence-electron chi connectivity index (χ1n) is 11.2. The first kappa shape index (κ1) is 24.5. The quantitative estimate of drug-likeness (QED) is 0.614. The molecule has 1 saturated heterocycles. The molecule has 3 atom stereocenters. The first-order valence-corrected chi connectivity index (χ1v) is 11.6. The zero-order chi connectivity index (χ0) is 24.7. The zero-order valence-electron chi connectivity index (χ0n) is 19.5. The molecule has 2 aliphatic rings. The molecule has 1 N–H and O–H groups in total. The van der Waals surface area contributed by atoms with Gasteiger partial charge in [-0.2, -0.15) is 0 Å². The van der Waals surface area contributed by atoms with Crippen molar-refractivity contribution in [3.05, 3.63) is 51.7 Å². The Morgan fingerprint density at radius 1 is 1.12 bits per heavy atom. The van der Waals surface area contributed by atoms with E-state index in [0.717, 1.165) is 6.07 Å². The number of anilines is 1. The van der Waals surface area contributed by atoms with Crippen molar-refractivity contribution < 1.29 is 18.0 Å². The number of alkyl halides is 2. The van der Waals surface area contributed by atoms with Crippen molar-refractivity contribution in [2.45, 2.75) is 58.4 Å². The van der Waals surface area contributed by atoms with Gasteiger partial charge in [-0.05, 0) is 39.4 Å². The average Bonchev–Trinajstić information content (AvgIpc) is 3.20. The molecule has 34 heavy (non-hydrogen) atoms. The molecule has 0 spiro atoms. The second-order valence-corrected chi connectivity index (χ2v) is 9.43. The Morgan fingerprint density at radius 2 is 1.76 bits per heavy atom. The number of amides is 2. The van der Waals surface area contributed by atoms with Crippen LogP contribution in [0.5, 0.6) is 0 Å². The van der Waals surface area contributed by atoms with Crippen LogP contribution in [-0.4, -0.2) is 62.9 Å². The molecule has 3 heterocycles. The Hall–Kier alpha value is -2.59. The Labute approximate surface area is 201 Å². The summed E-state index contributed by atoms with van der Waals surface area (Å²) in [5.74, 6) is -0.593. The van der Waals surface area contributed by atoms with Gasteiger partial charge in [0.15, 0.2) is 0 Å². The third kappa shape index (κ3) is 4.65. The van der Waals surface area contributed by atoms with Gasteiger partial charge in [0.1, 0.15) is 11.6 Å². The predicted octanol–water partition coefficient (Wildman–Crippen LogP) is 4.84. The van der Waals surface area contributed by atoms with Crippen LogP contribution < -0.4 is 5.32 Å². The highest BCUT2D eigenvalue weighted by Gasteiger charge is 2.35. The van der Waals surface area contributed by atoms with E-state index in [4.69, 9.17) is 11.6 Å². The van der Waals surface area contributed by atoms with Crippen LogP contribution in [0.3, 0.4) is 0 Å².